The Labute approximate surface area is 155 Å². The summed E-state index contributed by atoms with van der Waals surface area (Å²) in [5, 5.41) is 0. The fourth-order valence-electron chi connectivity index (χ4n) is 4.03. The van der Waals surface area contributed by atoms with Crippen LogP contribution < -0.4 is 0 Å². The first-order chi connectivity index (χ1) is 12.8. The zero-order chi connectivity index (χ0) is 17.8. The Hall–Kier alpha value is -2.17. The SMILES string of the molecule is O=C1CCN(Cc2ccccc2)CC2CC(OCc3ccccc3)CN12. The van der Waals surface area contributed by atoms with Gasteiger partial charge in [-0.1, -0.05) is 60.7 Å². The van der Waals surface area contributed by atoms with Crippen LogP contribution in [0.4, 0.5) is 0 Å². The van der Waals surface area contributed by atoms with Crippen molar-refractivity contribution in [3.05, 3.63) is 71.8 Å². The predicted octanol–water partition coefficient (Wildman–Crippen LogP) is 3.08. The molecule has 4 nitrogen and oxygen atoms in total. The molecule has 0 radical (unpaired) electrons. The standard InChI is InChI=1S/C22H26N2O2/c25-22-11-12-23(14-18-7-3-1-4-8-18)15-20-13-21(16-24(20)22)26-17-19-9-5-2-6-10-19/h1-10,20-21H,11-17H2. The molecule has 136 valence electrons. The van der Waals surface area contributed by atoms with Crippen molar-refractivity contribution in [3.8, 4) is 0 Å². The number of rotatable bonds is 5. The van der Waals surface area contributed by atoms with Gasteiger partial charge in [0.25, 0.3) is 0 Å². The van der Waals surface area contributed by atoms with Crippen molar-refractivity contribution in [1.29, 1.82) is 0 Å². The highest BCUT2D eigenvalue weighted by Gasteiger charge is 2.38. The third kappa shape index (κ3) is 4.14. The molecule has 0 N–H and O–H groups in total. The third-order valence-electron chi connectivity index (χ3n) is 5.38. The highest BCUT2D eigenvalue weighted by atomic mass is 16.5. The van der Waals surface area contributed by atoms with Crippen LogP contribution in [0.3, 0.4) is 0 Å². The van der Waals surface area contributed by atoms with E-state index in [4.69, 9.17) is 4.74 Å². The maximum absolute atomic E-state index is 12.6. The van der Waals surface area contributed by atoms with E-state index in [-0.39, 0.29) is 18.1 Å². The molecule has 0 saturated carbocycles. The molecule has 0 aliphatic carbocycles. The lowest BCUT2D eigenvalue weighted by molar-refractivity contribution is -0.131. The largest absolute Gasteiger partial charge is 0.372 e. The van der Waals surface area contributed by atoms with Crippen LogP contribution in [0.25, 0.3) is 0 Å². The molecule has 2 saturated heterocycles. The average molecular weight is 350 g/mol. The lowest BCUT2D eigenvalue weighted by Gasteiger charge is -2.25. The molecule has 2 unspecified atom stereocenters. The Balaban J connectivity index is 1.36. The Morgan fingerprint density at radius 2 is 1.62 bits per heavy atom. The van der Waals surface area contributed by atoms with Crippen molar-refractivity contribution in [2.75, 3.05) is 19.6 Å². The number of carbonyl (C=O) groups excluding carboxylic acids is 1. The smallest absolute Gasteiger partial charge is 0.224 e. The monoisotopic (exact) mass is 350 g/mol. The summed E-state index contributed by atoms with van der Waals surface area (Å²) in [5.41, 5.74) is 2.50. The molecule has 0 spiro atoms. The number of ether oxygens (including phenoxy) is 1. The molecular formula is C22H26N2O2. The van der Waals surface area contributed by atoms with Gasteiger partial charge in [-0.2, -0.15) is 0 Å². The molecule has 4 heteroatoms. The summed E-state index contributed by atoms with van der Waals surface area (Å²) in [5.74, 6) is 0.274. The van der Waals surface area contributed by atoms with Gasteiger partial charge in [0.2, 0.25) is 5.91 Å². The quantitative estimate of drug-likeness (QED) is 0.831. The molecular weight excluding hydrogens is 324 g/mol. The molecule has 2 aromatic rings. The number of carbonyl (C=O) groups is 1. The number of hydrogen-bond donors (Lipinski definition) is 0. The minimum absolute atomic E-state index is 0.140. The Morgan fingerprint density at radius 3 is 2.35 bits per heavy atom. The topological polar surface area (TPSA) is 32.8 Å². The van der Waals surface area contributed by atoms with E-state index < -0.39 is 0 Å². The van der Waals surface area contributed by atoms with Crippen molar-refractivity contribution in [1.82, 2.24) is 9.80 Å². The molecule has 4 rings (SSSR count). The molecule has 26 heavy (non-hydrogen) atoms. The van der Waals surface area contributed by atoms with E-state index in [2.05, 4.69) is 46.2 Å². The van der Waals surface area contributed by atoms with Crippen LogP contribution >= 0.6 is 0 Å². The Kier molecular flexibility index (Phi) is 5.32. The summed E-state index contributed by atoms with van der Waals surface area (Å²) in [6.07, 6.45) is 1.68. The van der Waals surface area contributed by atoms with E-state index >= 15 is 0 Å². The molecule has 1 amide bonds. The van der Waals surface area contributed by atoms with E-state index in [1.807, 2.05) is 24.3 Å². The summed E-state index contributed by atoms with van der Waals surface area (Å²) in [6, 6.07) is 21.0. The number of hydrogen-bond acceptors (Lipinski definition) is 3. The van der Waals surface area contributed by atoms with Gasteiger partial charge in [0, 0.05) is 38.6 Å². The van der Waals surface area contributed by atoms with E-state index in [9.17, 15) is 4.79 Å². The van der Waals surface area contributed by atoms with Crippen molar-refractivity contribution in [3.63, 3.8) is 0 Å². The van der Waals surface area contributed by atoms with Crippen LogP contribution in [0.15, 0.2) is 60.7 Å². The van der Waals surface area contributed by atoms with Crippen LogP contribution in [0.1, 0.15) is 24.0 Å². The second-order valence-electron chi connectivity index (χ2n) is 7.32. The van der Waals surface area contributed by atoms with Gasteiger partial charge in [0.1, 0.15) is 0 Å². The van der Waals surface area contributed by atoms with E-state index in [0.717, 1.165) is 32.6 Å². The molecule has 2 heterocycles. The van der Waals surface area contributed by atoms with Gasteiger partial charge in [-0.25, -0.2) is 0 Å². The lowest BCUT2D eigenvalue weighted by atomic mass is 10.1. The van der Waals surface area contributed by atoms with Gasteiger partial charge in [-0.3, -0.25) is 9.69 Å². The molecule has 2 atom stereocenters. The van der Waals surface area contributed by atoms with Crippen molar-refractivity contribution in [2.24, 2.45) is 0 Å². The second kappa shape index (κ2) is 8.02. The van der Waals surface area contributed by atoms with Crippen LogP contribution in [-0.2, 0) is 22.7 Å². The normalized spacial score (nSPS) is 23.7. The van der Waals surface area contributed by atoms with E-state index in [1.165, 1.54) is 11.1 Å². The molecule has 2 aliphatic rings. The number of fused-ring (bicyclic) bond motifs is 1. The van der Waals surface area contributed by atoms with Gasteiger partial charge >= 0.3 is 0 Å². The van der Waals surface area contributed by atoms with E-state index in [0.29, 0.717) is 13.0 Å². The van der Waals surface area contributed by atoms with Gasteiger partial charge in [0.15, 0.2) is 0 Å². The van der Waals surface area contributed by atoms with Gasteiger partial charge in [0.05, 0.1) is 12.7 Å². The maximum Gasteiger partial charge on any atom is 0.224 e. The van der Waals surface area contributed by atoms with E-state index in [1.54, 1.807) is 0 Å². The number of benzene rings is 2. The van der Waals surface area contributed by atoms with Crippen molar-refractivity contribution < 1.29 is 9.53 Å². The second-order valence-corrected chi connectivity index (χ2v) is 7.32. The third-order valence-corrected chi connectivity index (χ3v) is 5.38. The first-order valence-electron chi connectivity index (χ1n) is 9.49. The van der Waals surface area contributed by atoms with Gasteiger partial charge < -0.3 is 9.64 Å². The van der Waals surface area contributed by atoms with Crippen LogP contribution in [0.5, 0.6) is 0 Å². The summed E-state index contributed by atoms with van der Waals surface area (Å²) in [6.45, 7) is 4.04. The minimum atomic E-state index is 0.140. The fourth-order valence-corrected chi connectivity index (χ4v) is 4.03. The minimum Gasteiger partial charge on any atom is -0.372 e. The number of nitrogens with zero attached hydrogens (tertiary/aromatic N) is 2. The molecule has 0 aromatic heterocycles. The first-order valence-corrected chi connectivity index (χ1v) is 9.49. The predicted molar refractivity (Wildman–Crippen MR) is 101 cm³/mol. The summed E-state index contributed by atoms with van der Waals surface area (Å²) < 4.78 is 6.11. The zero-order valence-corrected chi connectivity index (χ0v) is 15.1. The highest BCUT2D eigenvalue weighted by Crippen LogP contribution is 2.26. The zero-order valence-electron chi connectivity index (χ0n) is 15.1. The van der Waals surface area contributed by atoms with Crippen molar-refractivity contribution in [2.45, 2.75) is 38.1 Å². The number of amides is 1. The van der Waals surface area contributed by atoms with Gasteiger partial charge in [-0.15, -0.1) is 0 Å². The lowest BCUT2D eigenvalue weighted by Crippen LogP contribution is -2.38. The molecule has 0 bridgehead atoms. The van der Waals surface area contributed by atoms with Gasteiger partial charge in [-0.05, 0) is 17.5 Å². The highest BCUT2D eigenvalue weighted by molar-refractivity contribution is 5.77. The van der Waals surface area contributed by atoms with Crippen LogP contribution in [-0.4, -0.2) is 47.5 Å². The Morgan fingerprint density at radius 1 is 0.923 bits per heavy atom. The average Bonchev–Trinajstić information content (AvgIpc) is 3.02. The molecule has 2 aromatic carbocycles. The first kappa shape index (κ1) is 17.3. The summed E-state index contributed by atoms with van der Waals surface area (Å²) >= 11 is 0. The maximum atomic E-state index is 12.6. The Bertz CT molecular complexity index is 719. The van der Waals surface area contributed by atoms with Crippen LogP contribution in [0.2, 0.25) is 0 Å². The summed E-state index contributed by atoms with van der Waals surface area (Å²) in [7, 11) is 0. The fraction of sp³-hybridized carbons (Fsp3) is 0.409. The summed E-state index contributed by atoms with van der Waals surface area (Å²) in [4.78, 5) is 17.0. The van der Waals surface area contributed by atoms with Crippen LogP contribution in [0, 0.1) is 0 Å². The van der Waals surface area contributed by atoms with Crippen molar-refractivity contribution >= 4 is 5.91 Å². The molecule has 2 aliphatic heterocycles. The molecule has 2 fully saturated rings.